The number of hydrogen-bond acceptors (Lipinski definition) is 4. The molecule has 0 radical (unpaired) electrons. The van der Waals surface area contributed by atoms with E-state index in [-0.39, 0.29) is 11.4 Å². The second kappa shape index (κ2) is 4.86. The maximum Gasteiger partial charge on any atom is 0.170 e. The first kappa shape index (κ1) is 12.7. The molecule has 5 nitrogen and oxygen atoms in total. The monoisotopic (exact) mass is 249 g/mol. The van der Waals surface area contributed by atoms with E-state index >= 15 is 0 Å². The average molecular weight is 249 g/mol. The summed E-state index contributed by atoms with van der Waals surface area (Å²) in [5, 5.41) is 11.6. The van der Waals surface area contributed by atoms with Crippen LogP contribution < -0.4 is 10.6 Å². The van der Waals surface area contributed by atoms with Gasteiger partial charge in [-0.05, 0) is 38.1 Å². The molecular weight excluding hydrogens is 230 g/mol. The zero-order valence-electron chi connectivity index (χ0n) is 10.8. The normalized spacial score (nSPS) is 19.9. The van der Waals surface area contributed by atoms with E-state index in [0.29, 0.717) is 5.56 Å². The standard InChI is InChI=1S/C13H19N3O2/c1-13(2)9-16(7-8-18-13)11-5-3-10(4-6-11)12(14)15-17/h3-6,17H,7-9H2,1-2H3,(H2,14,15). The van der Waals surface area contributed by atoms with Crippen LogP contribution in [0.25, 0.3) is 0 Å². The number of nitrogens with two attached hydrogens (primary N) is 1. The molecule has 98 valence electrons. The number of morpholine rings is 1. The van der Waals surface area contributed by atoms with Crippen LogP contribution in [0.3, 0.4) is 0 Å². The summed E-state index contributed by atoms with van der Waals surface area (Å²) in [6.07, 6.45) is 0. The highest BCUT2D eigenvalue weighted by Crippen LogP contribution is 2.23. The predicted octanol–water partition coefficient (Wildman–Crippen LogP) is 1.40. The van der Waals surface area contributed by atoms with Crippen LogP contribution >= 0.6 is 0 Å². The van der Waals surface area contributed by atoms with Gasteiger partial charge >= 0.3 is 0 Å². The van der Waals surface area contributed by atoms with Crippen LogP contribution in [0, 0.1) is 0 Å². The molecule has 1 aliphatic heterocycles. The summed E-state index contributed by atoms with van der Waals surface area (Å²) in [7, 11) is 0. The first-order valence-electron chi connectivity index (χ1n) is 5.99. The van der Waals surface area contributed by atoms with Gasteiger partial charge in [0.05, 0.1) is 12.2 Å². The van der Waals surface area contributed by atoms with Gasteiger partial charge in [0.25, 0.3) is 0 Å². The fraction of sp³-hybridized carbons (Fsp3) is 0.462. The van der Waals surface area contributed by atoms with Crippen molar-refractivity contribution in [2.75, 3.05) is 24.6 Å². The molecule has 1 heterocycles. The third-order valence-electron chi connectivity index (χ3n) is 3.06. The quantitative estimate of drug-likeness (QED) is 0.360. The van der Waals surface area contributed by atoms with Gasteiger partial charge in [0, 0.05) is 24.3 Å². The number of anilines is 1. The molecule has 2 rings (SSSR count). The molecular formula is C13H19N3O2. The summed E-state index contributed by atoms with van der Waals surface area (Å²) in [5.41, 5.74) is 7.25. The molecule has 0 atom stereocenters. The number of nitrogens with zero attached hydrogens (tertiary/aromatic N) is 2. The summed E-state index contributed by atoms with van der Waals surface area (Å²) in [6.45, 7) is 6.64. The van der Waals surface area contributed by atoms with Gasteiger partial charge in [-0.2, -0.15) is 0 Å². The molecule has 0 amide bonds. The van der Waals surface area contributed by atoms with Crippen molar-refractivity contribution in [2.24, 2.45) is 10.9 Å². The Kier molecular flexibility index (Phi) is 3.43. The summed E-state index contributed by atoms with van der Waals surface area (Å²) >= 11 is 0. The Morgan fingerprint density at radius 1 is 1.39 bits per heavy atom. The predicted molar refractivity (Wildman–Crippen MR) is 71.2 cm³/mol. The highest BCUT2D eigenvalue weighted by molar-refractivity contribution is 5.97. The van der Waals surface area contributed by atoms with Crippen LogP contribution in [-0.2, 0) is 4.74 Å². The number of hydrogen-bond donors (Lipinski definition) is 2. The second-order valence-electron chi connectivity index (χ2n) is 5.06. The Balaban J connectivity index is 2.14. The van der Waals surface area contributed by atoms with Crippen LogP contribution in [0.2, 0.25) is 0 Å². The molecule has 0 aromatic heterocycles. The van der Waals surface area contributed by atoms with Gasteiger partial charge in [0.1, 0.15) is 0 Å². The summed E-state index contributed by atoms with van der Waals surface area (Å²) in [6, 6.07) is 7.67. The third kappa shape index (κ3) is 2.73. The van der Waals surface area contributed by atoms with Gasteiger partial charge in [-0.25, -0.2) is 0 Å². The number of amidine groups is 1. The maximum absolute atomic E-state index is 8.61. The summed E-state index contributed by atoms with van der Waals surface area (Å²) in [4.78, 5) is 2.28. The molecule has 0 bridgehead atoms. The zero-order chi connectivity index (χ0) is 13.2. The molecule has 0 spiro atoms. The molecule has 0 saturated carbocycles. The average Bonchev–Trinajstić information content (AvgIpc) is 2.37. The summed E-state index contributed by atoms with van der Waals surface area (Å²) in [5.74, 6) is 0.129. The maximum atomic E-state index is 8.61. The van der Waals surface area contributed by atoms with E-state index in [9.17, 15) is 0 Å². The smallest absolute Gasteiger partial charge is 0.170 e. The van der Waals surface area contributed by atoms with Crippen molar-refractivity contribution in [2.45, 2.75) is 19.4 Å². The van der Waals surface area contributed by atoms with Gasteiger partial charge < -0.3 is 20.6 Å². The minimum absolute atomic E-state index is 0.123. The Labute approximate surface area is 107 Å². The highest BCUT2D eigenvalue weighted by Gasteiger charge is 2.27. The van der Waals surface area contributed by atoms with E-state index in [4.69, 9.17) is 15.7 Å². The van der Waals surface area contributed by atoms with Crippen molar-refractivity contribution in [3.05, 3.63) is 29.8 Å². The molecule has 5 heteroatoms. The molecule has 1 aromatic rings. The van der Waals surface area contributed by atoms with Gasteiger partial charge in [-0.3, -0.25) is 0 Å². The van der Waals surface area contributed by atoms with Crippen molar-refractivity contribution >= 4 is 11.5 Å². The van der Waals surface area contributed by atoms with E-state index in [0.717, 1.165) is 25.4 Å². The first-order chi connectivity index (χ1) is 8.52. The van der Waals surface area contributed by atoms with Crippen LogP contribution in [0.4, 0.5) is 5.69 Å². The Morgan fingerprint density at radius 3 is 2.61 bits per heavy atom. The molecule has 18 heavy (non-hydrogen) atoms. The van der Waals surface area contributed by atoms with Gasteiger partial charge in [0.15, 0.2) is 5.84 Å². The van der Waals surface area contributed by atoms with Crippen LogP contribution in [0.1, 0.15) is 19.4 Å². The lowest BCUT2D eigenvalue weighted by molar-refractivity contribution is -0.0276. The minimum Gasteiger partial charge on any atom is -0.409 e. The zero-order valence-corrected chi connectivity index (χ0v) is 10.8. The first-order valence-corrected chi connectivity index (χ1v) is 5.99. The lowest BCUT2D eigenvalue weighted by Crippen LogP contribution is -2.48. The van der Waals surface area contributed by atoms with Crippen molar-refractivity contribution in [1.29, 1.82) is 0 Å². The molecule has 1 saturated heterocycles. The second-order valence-corrected chi connectivity index (χ2v) is 5.06. The van der Waals surface area contributed by atoms with Gasteiger partial charge in [-0.15, -0.1) is 0 Å². The highest BCUT2D eigenvalue weighted by atomic mass is 16.5. The largest absolute Gasteiger partial charge is 0.409 e. The van der Waals surface area contributed by atoms with Crippen molar-refractivity contribution in [3.63, 3.8) is 0 Å². The third-order valence-corrected chi connectivity index (χ3v) is 3.06. The van der Waals surface area contributed by atoms with Crippen LogP contribution in [-0.4, -0.2) is 36.3 Å². The van der Waals surface area contributed by atoms with Crippen molar-refractivity contribution in [1.82, 2.24) is 0 Å². The van der Waals surface area contributed by atoms with Gasteiger partial charge in [-0.1, -0.05) is 5.16 Å². The van der Waals surface area contributed by atoms with Crippen LogP contribution in [0.5, 0.6) is 0 Å². The Morgan fingerprint density at radius 2 is 2.06 bits per heavy atom. The molecule has 1 fully saturated rings. The topological polar surface area (TPSA) is 71.1 Å². The fourth-order valence-corrected chi connectivity index (χ4v) is 2.14. The van der Waals surface area contributed by atoms with E-state index in [1.165, 1.54) is 0 Å². The molecule has 3 N–H and O–H groups in total. The molecule has 0 unspecified atom stereocenters. The lowest BCUT2D eigenvalue weighted by Gasteiger charge is -2.39. The van der Waals surface area contributed by atoms with E-state index in [2.05, 4.69) is 23.9 Å². The minimum atomic E-state index is -0.123. The van der Waals surface area contributed by atoms with Crippen molar-refractivity contribution < 1.29 is 9.94 Å². The SMILES string of the molecule is CC1(C)CN(c2ccc(/C(N)=N/O)cc2)CCO1. The lowest BCUT2D eigenvalue weighted by atomic mass is 10.1. The molecule has 1 aliphatic rings. The fourth-order valence-electron chi connectivity index (χ4n) is 2.14. The van der Waals surface area contributed by atoms with E-state index in [1.807, 2.05) is 24.3 Å². The van der Waals surface area contributed by atoms with Gasteiger partial charge in [0.2, 0.25) is 0 Å². The van der Waals surface area contributed by atoms with E-state index in [1.54, 1.807) is 0 Å². The van der Waals surface area contributed by atoms with Crippen molar-refractivity contribution in [3.8, 4) is 0 Å². The number of benzene rings is 1. The number of oxime groups is 1. The number of ether oxygens (including phenoxy) is 1. The Bertz CT molecular complexity index is 440. The summed E-state index contributed by atoms with van der Waals surface area (Å²) < 4.78 is 5.68. The molecule has 1 aromatic carbocycles. The van der Waals surface area contributed by atoms with E-state index < -0.39 is 0 Å². The van der Waals surface area contributed by atoms with Crippen LogP contribution in [0.15, 0.2) is 29.4 Å². The number of rotatable bonds is 2. The molecule has 0 aliphatic carbocycles. The Hall–Kier alpha value is -1.75.